The van der Waals surface area contributed by atoms with E-state index in [1.165, 1.54) is 0 Å². The van der Waals surface area contributed by atoms with Crippen molar-refractivity contribution in [1.82, 2.24) is 24.9 Å². The first-order valence-electron chi connectivity index (χ1n) is 6.74. The van der Waals surface area contributed by atoms with Crippen LogP contribution in [0.2, 0.25) is 0 Å². The molecule has 0 spiro atoms. The number of carbonyl (C=O) groups excluding carboxylic acids is 1. The van der Waals surface area contributed by atoms with E-state index < -0.39 is 0 Å². The summed E-state index contributed by atoms with van der Waals surface area (Å²) in [4.78, 5) is 14.2. The lowest BCUT2D eigenvalue weighted by molar-refractivity contribution is -0.133. The Balaban J connectivity index is 1.97. The van der Waals surface area contributed by atoms with Crippen molar-refractivity contribution in [1.29, 1.82) is 0 Å². The average molecular weight is 275 g/mol. The molecule has 2 aromatic heterocycles. The minimum atomic E-state index is -0.280. The minimum Gasteiger partial charge on any atom is -0.344 e. The van der Waals surface area contributed by atoms with Crippen LogP contribution >= 0.6 is 0 Å². The molecule has 0 aliphatic carbocycles. The largest absolute Gasteiger partial charge is 0.344 e. The van der Waals surface area contributed by atoms with E-state index in [-0.39, 0.29) is 11.9 Å². The predicted molar refractivity (Wildman–Crippen MR) is 76.3 cm³/mol. The molecule has 0 fully saturated rings. The van der Waals surface area contributed by atoms with Crippen molar-refractivity contribution in [2.45, 2.75) is 33.2 Å². The first kappa shape index (κ1) is 14.3. The van der Waals surface area contributed by atoms with Gasteiger partial charge in [-0.3, -0.25) is 14.6 Å². The summed E-state index contributed by atoms with van der Waals surface area (Å²) in [5, 5.41) is 11.1. The van der Waals surface area contributed by atoms with Gasteiger partial charge in [-0.1, -0.05) is 0 Å². The molecule has 2 aromatic rings. The Morgan fingerprint density at radius 2 is 2.25 bits per heavy atom. The lowest BCUT2D eigenvalue weighted by atomic mass is 10.2. The highest BCUT2D eigenvalue weighted by molar-refractivity contribution is 5.79. The van der Waals surface area contributed by atoms with Crippen molar-refractivity contribution >= 4 is 5.91 Å². The standard InChI is InChI=1S/C14H21N5O/c1-10-7-11(2)19(17-10)12(3)14(20)18(4)6-5-13-8-15-16-9-13/h7-9,12H,5-6H2,1-4H3,(H,15,16)/t12-/m1/s1. The summed E-state index contributed by atoms with van der Waals surface area (Å²) >= 11 is 0. The van der Waals surface area contributed by atoms with Crippen LogP contribution < -0.4 is 0 Å². The van der Waals surface area contributed by atoms with Crippen LogP contribution in [0, 0.1) is 13.8 Å². The number of hydrogen-bond donors (Lipinski definition) is 1. The molecular formula is C14H21N5O. The fourth-order valence-electron chi connectivity index (χ4n) is 2.28. The summed E-state index contributed by atoms with van der Waals surface area (Å²) in [5.74, 6) is 0.0692. The smallest absolute Gasteiger partial charge is 0.246 e. The summed E-state index contributed by atoms with van der Waals surface area (Å²) in [6.45, 7) is 6.46. The molecule has 0 aliphatic rings. The zero-order valence-corrected chi connectivity index (χ0v) is 12.4. The van der Waals surface area contributed by atoms with E-state index in [0.717, 1.165) is 23.4 Å². The molecule has 1 N–H and O–H groups in total. The van der Waals surface area contributed by atoms with E-state index in [0.29, 0.717) is 6.54 Å². The van der Waals surface area contributed by atoms with Gasteiger partial charge in [0.25, 0.3) is 0 Å². The number of carbonyl (C=O) groups is 1. The molecule has 0 saturated carbocycles. The monoisotopic (exact) mass is 275 g/mol. The second-order valence-electron chi connectivity index (χ2n) is 5.16. The van der Waals surface area contributed by atoms with Gasteiger partial charge in [0, 0.05) is 25.5 Å². The van der Waals surface area contributed by atoms with E-state index in [1.54, 1.807) is 15.8 Å². The Labute approximate surface area is 118 Å². The van der Waals surface area contributed by atoms with Gasteiger partial charge in [0.2, 0.25) is 5.91 Å². The van der Waals surface area contributed by atoms with Crippen molar-refractivity contribution in [3.05, 3.63) is 35.4 Å². The van der Waals surface area contributed by atoms with Crippen LogP contribution in [0.5, 0.6) is 0 Å². The maximum atomic E-state index is 12.4. The highest BCUT2D eigenvalue weighted by atomic mass is 16.2. The Kier molecular flexibility index (Phi) is 4.22. The van der Waals surface area contributed by atoms with E-state index in [9.17, 15) is 4.79 Å². The summed E-state index contributed by atoms with van der Waals surface area (Å²) in [7, 11) is 1.82. The highest BCUT2D eigenvalue weighted by Gasteiger charge is 2.21. The zero-order chi connectivity index (χ0) is 14.7. The van der Waals surface area contributed by atoms with Crippen LogP contribution in [0.15, 0.2) is 18.5 Å². The van der Waals surface area contributed by atoms with Gasteiger partial charge in [-0.15, -0.1) is 0 Å². The Morgan fingerprint density at radius 3 is 2.80 bits per heavy atom. The predicted octanol–water partition coefficient (Wildman–Crippen LogP) is 1.49. The summed E-state index contributed by atoms with van der Waals surface area (Å²) in [6.07, 6.45) is 4.42. The first-order valence-corrected chi connectivity index (χ1v) is 6.74. The van der Waals surface area contributed by atoms with Crippen molar-refractivity contribution in [2.24, 2.45) is 0 Å². The van der Waals surface area contributed by atoms with Crippen LogP contribution in [0.1, 0.15) is 29.9 Å². The van der Waals surface area contributed by atoms with Gasteiger partial charge in [-0.05, 0) is 38.8 Å². The van der Waals surface area contributed by atoms with Crippen molar-refractivity contribution in [3.8, 4) is 0 Å². The van der Waals surface area contributed by atoms with Gasteiger partial charge >= 0.3 is 0 Å². The molecule has 0 aliphatic heterocycles. The van der Waals surface area contributed by atoms with Crippen LogP contribution in [0.4, 0.5) is 0 Å². The molecule has 0 radical (unpaired) electrons. The fraction of sp³-hybridized carbons (Fsp3) is 0.500. The number of likely N-dealkylation sites (N-methyl/N-ethyl adjacent to an activating group) is 1. The maximum Gasteiger partial charge on any atom is 0.246 e. The number of aryl methyl sites for hydroxylation is 2. The van der Waals surface area contributed by atoms with Gasteiger partial charge in [0.1, 0.15) is 6.04 Å². The van der Waals surface area contributed by atoms with Crippen LogP contribution in [-0.2, 0) is 11.2 Å². The number of aromatic nitrogens is 4. The Bertz CT molecular complexity index is 572. The molecule has 0 unspecified atom stereocenters. The van der Waals surface area contributed by atoms with Gasteiger partial charge < -0.3 is 4.90 Å². The molecule has 2 heterocycles. The number of hydrogen-bond acceptors (Lipinski definition) is 3. The average Bonchev–Trinajstić information content (AvgIpc) is 3.03. The lowest BCUT2D eigenvalue weighted by Gasteiger charge is -2.22. The highest BCUT2D eigenvalue weighted by Crippen LogP contribution is 2.13. The normalized spacial score (nSPS) is 12.4. The minimum absolute atomic E-state index is 0.0692. The van der Waals surface area contributed by atoms with Crippen molar-refractivity contribution < 1.29 is 4.79 Å². The number of rotatable bonds is 5. The third-order valence-corrected chi connectivity index (χ3v) is 3.44. The molecule has 0 aromatic carbocycles. The second-order valence-corrected chi connectivity index (χ2v) is 5.16. The molecule has 1 amide bonds. The van der Waals surface area contributed by atoms with Crippen molar-refractivity contribution in [3.63, 3.8) is 0 Å². The third kappa shape index (κ3) is 3.07. The number of nitrogens with one attached hydrogen (secondary N) is 1. The topological polar surface area (TPSA) is 66.8 Å². The maximum absolute atomic E-state index is 12.4. The van der Waals surface area contributed by atoms with E-state index in [4.69, 9.17) is 0 Å². The van der Waals surface area contributed by atoms with Gasteiger partial charge in [0.05, 0.1) is 11.9 Å². The molecule has 20 heavy (non-hydrogen) atoms. The van der Waals surface area contributed by atoms with E-state index in [1.807, 2.05) is 40.1 Å². The summed E-state index contributed by atoms with van der Waals surface area (Å²) in [6, 6.07) is 1.70. The third-order valence-electron chi connectivity index (χ3n) is 3.44. The van der Waals surface area contributed by atoms with E-state index >= 15 is 0 Å². The van der Waals surface area contributed by atoms with Gasteiger partial charge in [0.15, 0.2) is 0 Å². The zero-order valence-electron chi connectivity index (χ0n) is 12.4. The van der Waals surface area contributed by atoms with Crippen LogP contribution in [0.3, 0.4) is 0 Å². The van der Waals surface area contributed by atoms with Crippen LogP contribution in [-0.4, -0.2) is 44.4 Å². The SMILES string of the molecule is Cc1cc(C)n([C@H](C)C(=O)N(C)CCc2cn[nH]c2)n1. The second kappa shape index (κ2) is 5.90. The first-order chi connectivity index (χ1) is 9.49. The molecule has 0 saturated heterocycles. The molecule has 6 heteroatoms. The lowest BCUT2D eigenvalue weighted by Crippen LogP contribution is -2.35. The van der Waals surface area contributed by atoms with Gasteiger partial charge in [-0.25, -0.2) is 0 Å². The van der Waals surface area contributed by atoms with Crippen molar-refractivity contribution in [2.75, 3.05) is 13.6 Å². The number of H-pyrrole nitrogens is 1. The summed E-state index contributed by atoms with van der Waals surface area (Å²) < 4.78 is 1.78. The molecule has 0 bridgehead atoms. The fourth-order valence-corrected chi connectivity index (χ4v) is 2.28. The van der Waals surface area contributed by atoms with Gasteiger partial charge in [-0.2, -0.15) is 10.2 Å². The number of amides is 1. The molecular weight excluding hydrogens is 254 g/mol. The summed E-state index contributed by atoms with van der Waals surface area (Å²) in [5.41, 5.74) is 3.04. The molecule has 108 valence electrons. The molecule has 2 rings (SSSR count). The quantitative estimate of drug-likeness (QED) is 0.899. The molecule has 6 nitrogen and oxygen atoms in total. The number of nitrogens with zero attached hydrogens (tertiary/aromatic N) is 4. The number of aromatic amines is 1. The van der Waals surface area contributed by atoms with Crippen LogP contribution in [0.25, 0.3) is 0 Å². The Morgan fingerprint density at radius 1 is 1.50 bits per heavy atom. The molecule has 1 atom stereocenters. The van der Waals surface area contributed by atoms with E-state index in [2.05, 4.69) is 15.3 Å². The Hall–Kier alpha value is -2.11.